The van der Waals surface area contributed by atoms with Crippen LogP contribution in [0.1, 0.15) is 42.7 Å². The summed E-state index contributed by atoms with van der Waals surface area (Å²) < 4.78 is 16.2. The number of anilines is 1. The van der Waals surface area contributed by atoms with Crippen LogP contribution < -0.4 is 20.1 Å². The number of fused-ring (bicyclic) bond motifs is 1. The standard InChI is InChI=1S/C25H27N3O5S/c1-14(2)12-31-24(30)21-15(3)28(4)25(34)27-22(21)16-5-8-18(9-6-16)26-23(29)17-7-10-19-20(11-17)33-13-32-19/h5-11,14,22H,12-13H2,1-4H3,(H,26,29)(H,27,34). The summed E-state index contributed by atoms with van der Waals surface area (Å²) in [4.78, 5) is 27.4. The molecule has 0 aromatic heterocycles. The third-order valence-electron chi connectivity index (χ3n) is 5.66. The van der Waals surface area contributed by atoms with Crippen LogP contribution in [0.15, 0.2) is 53.7 Å². The average molecular weight is 482 g/mol. The highest BCUT2D eigenvalue weighted by Gasteiger charge is 2.33. The van der Waals surface area contributed by atoms with E-state index < -0.39 is 6.04 Å². The van der Waals surface area contributed by atoms with Crippen LogP contribution in [0.4, 0.5) is 5.69 Å². The number of rotatable bonds is 6. The van der Waals surface area contributed by atoms with Crippen molar-refractivity contribution in [1.29, 1.82) is 0 Å². The van der Waals surface area contributed by atoms with Gasteiger partial charge in [-0.2, -0.15) is 0 Å². The van der Waals surface area contributed by atoms with E-state index in [9.17, 15) is 9.59 Å². The fourth-order valence-corrected chi connectivity index (χ4v) is 3.92. The number of ether oxygens (including phenoxy) is 3. The first-order chi connectivity index (χ1) is 16.2. The number of hydrogen-bond acceptors (Lipinski definition) is 6. The molecule has 2 N–H and O–H groups in total. The van der Waals surface area contributed by atoms with Crippen LogP contribution in [-0.2, 0) is 9.53 Å². The van der Waals surface area contributed by atoms with Crippen LogP contribution in [0.3, 0.4) is 0 Å². The van der Waals surface area contributed by atoms with E-state index in [1.807, 2.05) is 40.0 Å². The molecule has 0 spiro atoms. The second-order valence-electron chi connectivity index (χ2n) is 8.58. The lowest BCUT2D eigenvalue weighted by Gasteiger charge is -2.35. The van der Waals surface area contributed by atoms with Crippen molar-refractivity contribution in [3.63, 3.8) is 0 Å². The van der Waals surface area contributed by atoms with Gasteiger partial charge in [-0.3, -0.25) is 4.79 Å². The van der Waals surface area contributed by atoms with Gasteiger partial charge in [0.15, 0.2) is 16.6 Å². The van der Waals surface area contributed by atoms with E-state index >= 15 is 0 Å². The molecular formula is C25H27N3O5S. The van der Waals surface area contributed by atoms with Crippen LogP contribution >= 0.6 is 12.2 Å². The molecule has 34 heavy (non-hydrogen) atoms. The number of amides is 1. The molecule has 1 amide bonds. The van der Waals surface area contributed by atoms with E-state index in [2.05, 4.69) is 10.6 Å². The van der Waals surface area contributed by atoms with Crippen LogP contribution in [0.25, 0.3) is 0 Å². The van der Waals surface area contributed by atoms with E-state index in [-0.39, 0.29) is 24.6 Å². The molecule has 0 radical (unpaired) electrons. The number of allylic oxidation sites excluding steroid dienone is 1. The van der Waals surface area contributed by atoms with Crippen molar-refractivity contribution in [2.75, 3.05) is 25.8 Å². The maximum absolute atomic E-state index is 12.9. The zero-order valence-electron chi connectivity index (χ0n) is 19.5. The largest absolute Gasteiger partial charge is 0.462 e. The summed E-state index contributed by atoms with van der Waals surface area (Å²) in [5.41, 5.74) is 3.15. The number of nitrogens with zero attached hydrogens (tertiary/aromatic N) is 1. The molecular weight excluding hydrogens is 454 g/mol. The summed E-state index contributed by atoms with van der Waals surface area (Å²) in [6, 6.07) is 11.9. The highest BCUT2D eigenvalue weighted by molar-refractivity contribution is 7.80. The maximum atomic E-state index is 12.9. The molecule has 8 nitrogen and oxygen atoms in total. The number of nitrogens with one attached hydrogen (secondary N) is 2. The lowest BCUT2D eigenvalue weighted by Crippen LogP contribution is -2.46. The molecule has 0 aliphatic carbocycles. The molecule has 0 saturated carbocycles. The zero-order chi connectivity index (χ0) is 24.4. The van der Waals surface area contributed by atoms with E-state index in [4.69, 9.17) is 26.4 Å². The summed E-state index contributed by atoms with van der Waals surface area (Å²) in [5, 5.41) is 6.62. The highest BCUT2D eigenvalue weighted by atomic mass is 32.1. The zero-order valence-corrected chi connectivity index (χ0v) is 20.3. The highest BCUT2D eigenvalue weighted by Crippen LogP contribution is 2.33. The molecule has 1 unspecified atom stereocenters. The van der Waals surface area contributed by atoms with Crippen LogP contribution in [-0.4, -0.2) is 42.3 Å². The van der Waals surface area contributed by atoms with Gasteiger partial charge in [0.25, 0.3) is 5.91 Å². The van der Waals surface area contributed by atoms with Crippen molar-refractivity contribution >= 4 is 34.9 Å². The van der Waals surface area contributed by atoms with Crippen molar-refractivity contribution < 1.29 is 23.8 Å². The summed E-state index contributed by atoms with van der Waals surface area (Å²) in [7, 11) is 1.81. The molecule has 4 rings (SSSR count). The molecule has 0 bridgehead atoms. The molecule has 1 atom stereocenters. The molecule has 0 saturated heterocycles. The van der Waals surface area contributed by atoms with Gasteiger partial charge in [-0.1, -0.05) is 26.0 Å². The van der Waals surface area contributed by atoms with E-state index in [1.165, 1.54) is 0 Å². The van der Waals surface area contributed by atoms with Crippen molar-refractivity contribution in [3.8, 4) is 11.5 Å². The van der Waals surface area contributed by atoms with Crippen LogP contribution in [0, 0.1) is 5.92 Å². The molecule has 2 aliphatic heterocycles. The molecule has 2 aliphatic rings. The van der Waals surface area contributed by atoms with E-state index in [1.54, 1.807) is 35.2 Å². The van der Waals surface area contributed by atoms with Crippen molar-refractivity contribution in [3.05, 3.63) is 64.9 Å². The summed E-state index contributed by atoms with van der Waals surface area (Å²) >= 11 is 5.45. The van der Waals surface area contributed by atoms with Gasteiger partial charge in [-0.25, -0.2) is 4.79 Å². The molecule has 2 aromatic carbocycles. The Bertz CT molecular complexity index is 1160. The van der Waals surface area contributed by atoms with Crippen molar-refractivity contribution in [1.82, 2.24) is 10.2 Å². The number of benzene rings is 2. The van der Waals surface area contributed by atoms with Gasteiger partial charge in [0.05, 0.1) is 18.2 Å². The minimum absolute atomic E-state index is 0.150. The number of carbonyl (C=O) groups is 2. The van der Waals surface area contributed by atoms with Crippen molar-refractivity contribution in [2.24, 2.45) is 5.92 Å². The topological polar surface area (TPSA) is 89.1 Å². The second-order valence-corrected chi connectivity index (χ2v) is 8.96. The lowest BCUT2D eigenvalue weighted by molar-refractivity contribution is -0.140. The van der Waals surface area contributed by atoms with Gasteiger partial charge in [0.1, 0.15) is 0 Å². The first kappa shape index (κ1) is 23.6. The van der Waals surface area contributed by atoms with Gasteiger partial charge in [-0.15, -0.1) is 0 Å². The Labute approximate surface area is 203 Å². The lowest BCUT2D eigenvalue weighted by atomic mass is 9.95. The monoisotopic (exact) mass is 481 g/mol. The third-order valence-corrected chi connectivity index (χ3v) is 6.05. The molecule has 178 valence electrons. The predicted octanol–water partition coefficient (Wildman–Crippen LogP) is 4.00. The van der Waals surface area contributed by atoms with Gasteiger partial charge in [0.2, 0.25) is 6.79 Å². The molecule has 0 fully saturated rings. The summed E-state index contributed by atoms with van der Waals surface area (Å²) in [5.74, 6) is 0.754. The molecule has 9 heteroatoms. The summed E-state index contributed by atoms with van der Waals surface area (Å²) in [6.45, 7) is 6.32. The van der Waals surface area contributed by atoms with E-state index in [0.717, 1.165) is 11.3 Å². The maximum Gasteiger partial charge on any atom is 0.338 e. The number of carbonyl (C=O) groups excluding carboxylic acids is 2. The fourth-order valence-electron chi connectivity index (χ4n) is 3.67. The second kappa shape index (κ2) is 9.72. The van der Waals surface area contributed by atoms with Crippen LogP contribution in [0.5, 0.6) is 11.5 Å². The van der Waals surface area contributed by atoms with Gasteiger partial charge in [0, 0.05) is 24.0 Å². The normalized spacial score (nSPS) is 17.0. The third kappa shape index (κ3) is 4.84. The number of thiocarbonyl (C=S) groups is 1. The minimum Gasteiger partial charge on any atom is -0.462 e. The van der Waals surface area contributed by atoms with Gasteiger partial charge >= 0.3 is 5.97 Å². The Morgan fingerprint density at radius 3 is 2.59 bits per heavy atom. The average Bonchev–Trinajstić information content (AvgIpc) is 3.29. The predicted molar refractivity (Wildman–Crippen MR) is 132 cm³/mol. The first-order valence-corrected chi connectivity index (χ1v) is 11.4. The van der Waals surface area contributed by atoms with E-state index in [0.29, 0.717) is 40.0 Å². The summed E-state index contributed by atoms with van der Waals surface area (Å²) in [6.07, 6.45) is 0. The van der Waals surface area contributed by atoms with Gasteiger partial charge < -0.3 is 29.7 Å². The molecule has 2 aromatic rings. The Morgan fingerprint density at radius 1 is 1.18 bits per heavy atom. The van der Waals surface area contributed by atoms with Crippen molar-refractivity contribution in [2.45, 2.75) is 26.8 Å². The Morgan fingerprint density at radius 2 is 1.88 bits per heavy atom. The number of hydrogen-bond donors (Lipinski definition) is 2. The fraction of sp³-hybridized carbons (Fsp3) is 0.320. The Hall–Kier alpha value is -3.59. The van der Waals surface area contributed by atoms with Gasteiger partial charge in [-0.05, 0) is 61.0 Å². The first-order valence-electron chi connectivity index (χ1n) is 11.0. The van der Waals surface area contributed by atoms with Crippen LogP contribution in [0.2, 0.25) is 0 Å². The smallest absolute Gasteiger partial charge is 0.338 e. The molecule has 2 heterocycles. The minimum atomic E-state index is -0.457. The SMILES string of the molecule is CC1=C(C(=O)OCC(C)C)C(c2ccc(NC(=O)c3ccc4c(c3)OCO4)cc2)NC(=S)N1C. The quantitative estimate of drug-likeness (QED) is 0.473. The Kier molecular flexibility index (Phi) is 6.74. The Balaban J connectivity index is 1.52. The number of esters is 1.